The number of hydrogen-bond donors (Lipinski definition) is 2. The highest BCUT2D eigenvalue weighted by Crippen LogP contribution is 2.22. The summed E-state index contributed by atoms with van der Waals surface area (Å²) in [6, 6.07) is 0. The number of hydrogen-bond acceptors (Lipinski definition) is 2. The molecule has 12 heavy (non-hydrogen) atoms. The Labute approximate surface area is 69.5 Å². The third kappa shape index (κ3) is 1.84. The van der Waals surface area contributed by atoms with Crippen molar-refractivity contribution in [3.63, 3.8) is 0 Å². The topological polar surface area (TPSA) is 74.6 Å². The average Bonchev–Trinajstić information content (AvgIpc) is 2.04. The van der Waals surface area contributed by atoms with Crippen LogP contribution in [0.2, 0.25) is 0 Å². The van der Waals surface area contributed by atoms with Crippen molar-refractivity contribution in [2.24, 2.45) is 5.92 Å². The van der Waals surface area contributed by atoms with E-state index >= 15 is 0 Å². The molecule has 0 saturated heterocycles. The SMILES string of the molecule is O=C(O)C1=CC(C(=O)O)CCC1. The summed E-state index contributed by atoms with van der Waals surface area (Å²) in [6.45, 7) is 0. The molecule has 0 aromatic carbocycles. The predicted molar refractivity (Wildman–Crippen MR) is 40.7 cm³/mol. The van der Waals surface area contributed by atoms with Gasteiger partial charge in [0.15, 0.2) is 0 Å². The van der Waals surface area contributed by atoms with E-state index in [9.17, 15) is 9.59 Å². The van der Waals surface area contributed by atoms with E-state index in [1.165, 1.54) is 6.08 Å². The normalized spacial score (nSPS) is 23.0. The molecular weight excluding hydrogens is 160 g/mol. The van der Waals surface area contributed by atoms with Gasteiger partial charge in [0.05, 0.1) is 5.92 Å². The van der Waals surface area contributed by atoms with Gasteiger partial charge in [0.1, 0.15) is 0 Å². The van der Waals surface area contributed by atoms with Crippen LogP contribution in [0, 0.1) is 5.92 Å². The highest BCUT2D eigenvalue weighted by atomic mass is 16.4. The molecule has 0 amide bonds. The number of rotatable bonds is 2. The highest BCUT2D eigenvalue weighted by Gasteiger charge is 2.22. The molecule has 1 rings (SSSR count). The maximum Gasteiger partial charge on any atom is 0.331 e. The van der Waals surface area contributed by atoms with Gasteiger partial charge in [-0.1, -0.05) is 6.08 Å². The van der Waals surface area contributed by atoms with Crippen molar-refractivity contribution in [2.45, 2.75) is 19.3 Å². The van der Waals surface area contributed by atoms with E-state index in [4.69, 9.17) is 10.2 Å². The fraction of sp³-hybridized carbons (Fsp3) is 0.500. The van der Waals surface area contributed by atoms with Crippen LogP contribution in [0.5, 0.6) is 0 Å². The smallest absolute Gasteiger partial charge is 0.331 e. The Morgan fingerprint density at radius 3 is 2.58 bits per heavy atom. The van der Waals surface area contributed by atoms with Gasteiger partial charge in [0.25, 0.3) is 0 Å². The first kappa shape index (κ1) is 8.77. The lowest BCUT2D eigenvalue weighted by molar-refractivity contribution is -0.140. The van der Waals surface area contributed by atoms with Crippen molar-refractivity contribution in [1.29, 1.82) is 0 Å². The lowest BCUT2D eigenvalue weighted by Crippen LogP contribution is -2.17. The van der Waals surface area contributed by atoms with Crippen LogP contribution in [0.4, 0.5) is 0 Å². The van der Waals surface area contributed by atoms with Crippen molar-refractivity contribution >= 4 is 11.9 Å². The van der Waals surface area contributed by atoms with Gasteiger partial charge in [-0.15, -0.1) is 0 Å². The molecule has 1 atom stereocenters. The fourth-order valence-corrected chi connectivity index (χ4v) is 1.29. The first-order valence-electron chi connectivity index (χ1n) is 3.78. The first-order valence-corrected chi connectivity index (χ1v) is 3.78. The molecule has 0 saturated carbocycles. The average molecular weight is 170 g/mol. The summed E-state index contributed by atoms with van der Waals surface area (Å²) in [6.07, 6.45) is 3.02. The summed E-state index contributed by atoms with van der Waals surface area (Å²) < 4.78 is 0. The van der Waals surface area contributed by atoms with Gasteiger partial charge >= 0.3 is 11.9 Å². The molecule has 4 heteroatoms. The lowest BCUT2D eigenvalue weighted by atomic mass is 9.91. The third-order valence-corrected chi connectivity index (χ3v) is 1.96. The second-order valence-electron chi connectivity index (χ2n) is 2.83. The van der Waals surface area contributed by atoms with Gasteiger partial charge in [0.2, 0.25) is 0 Å². The molecule has 1 aliphatic carbocycles. The van der Waals surface area contributed by atoms with Crippen LogP contribution in [-0.2, 0) is 9.59 Å². The van der Waals surface area contributed by atoms with Crippen molar-refractivity contribution in [2.75, 3.05) is 0 Å². The van der Waals surface area contributed by atoms with E-state index in [1.807, 2.05) is 0 Å². The summed E-state index contributed by atoms with van der Waals surface area (Å²) >= 11 is 0. The lowest BCUT2D eigenvalue weighted by Gasteiger charge is -2.14. The Hall–Kier alpha value is -1.32. The molecule has 0 bridgehead atoms. The molecule has 2 N–H and O–H groups in total. The number of carboxylic acid groups (broad SMARTS) is 2. The van der Waals surface area contributed by atoms with Crippen LogP contribution in [-0.4, -0.2) is 22.2 Å². The van der Waals surface area contributed by atoms with Gasteiger partial charge in [0, 0.05) is 5.57 Å². The molecule has 0 aromatic heterocycles. The Kier molecular flexibility index (Phi) is 2.47. The van der Waals surface area contributed by atoms with Gasteiger partial charge in [-0.05, 0) is 19.3 Å². The summed E-state index contributed by atoms with van der Waals surface area (Å²) in [5.41, 5.74) is 0.230. The largest absolute Gasteiger partial charge is 0.481 e. The summed E-state index contributed by atoms with van der Waals surface area (Å²) in [7, 11) is 0. The van der Waals surface area contributed by atoms with E-state index in [-0.39, 0.29) is 5.57 Å². The Bertz CT molecular complexity index is 241. The maximum absolute atomic E-state index is 10.5. The quantitative estimate of drug-likeness (QED) is 0.645. The molecule has 0 aliphatic heterocycles. The zero-order valence-corrected chi connectivity index (χ0v) is 6.49. The molecular formula is C8H10O4. The van der Waals surface area contributed by atoms with E-state index in [2.05, 4.69) is 0 Å². The van der Waals surface area contributed by atoms with Crippen molar-refractivity contribution in [3.8, 4) is 0 Å². The predicted octanol–water partition coefficient (Wildman–Crippen LogP) is 0.882. The van der Waals surface area contributed by atoms with Gasteiger partial charge < -0.3 is 10.2 Å². The second-order valence-corrected chi connectivity index (χ2v) is 2.83. The summed E-state index contributed by atoms with van der Waals surface area (Å²) in [4.78, 5) is 20.9. The minimum atomic E-state index is -0.999. The monoisotopic (exact) mass is 170 g/mol. The summed E-state index contributed by atoms with van der Waals surface area (Å²) in [5, 5.41) is 17.2. The fourth-order valence-electron chi connectivity index (χ4n) is 1.29. The van der Waals surface area contributed by atoms with Gasteiger partial charge in [-0.3, -0.25) is 4.79 Å². The Morgan fingerprint density at radius 2 is 2.08 bits per heavy atom. The molecule has 1 unspecified atom stereocenters. The molecule has 1 aliphatic rings. The van der Waals surface area contributed by atoms with Gasteiger partial charge in [-0.25, -0.2) is 4.79 Å². The Balaban J connectivity index is 2.76. The first-order chi connectivity index (χ1) is 5.61. The van der Waals surface area contributed by atoms with Crippen LogP contribution in [0.3, 0.4) is 0 Å². The number of carbonyl (C=O) groups is 2. The molecule has 0 spiro atoms. The van der Waals surface area contributed by atoms with Crippen LogP contribution in [0.15, 0.2) is 11.6 Å². The number of carboxylic acids is 2. The highest BCUT2D eigenvalue weighted by molar-refractivity contribution is 5.88. The van der Waals surface area contributed by atoms with E-state index in [0.717, 1.165) is 0 Å². The molecule has 0 radical (unpaired) electrons. The van der Waals surface area contributed by atoms with Crippen molar-refractivity contribution in [1.82, 2.24) is 0 Å². The maximum atomic E-state index is 10.5. The van der Waals surface area contributed by atoms with Crippen LogP contribution in [0.1, 0.15) is 19.3 Å². The standard InChI is InChI=1S/C8H10O4/c9-7(10)5-2-1-3-6(4-5)8(11)12/h4-5H,1-3H2,(H,9,10)(H,11,12). The molecule has 0 aromatic rings. The van der Waals surface area contributed by atoms with Crippen molar-refractivity contribution in [3.05, 3.63) is 11.6 Å². The van der Waals surface area contributed by atoms with Crippen LogP contribution >= 0.6 is 0 Å². The summed E-state index contributed by atoms with van der Waals surface area (Å²) in [5.74, 6) is -2.54. The van der Waals surface area contributed by atoms with Crippen LogP contribution < -0.4 is 0 Å². The second kappa shape index (κ2) is 3.38. The van der Waals surface area contributed by atoms with E-state index < -0.39 is 17.9 Å². The van der Waals surface area contributed by atoms with Crippen LogP contribution in [0.25, 0.3) is 0 Å². The van der Waals surface area contributed by atoms with Crippen molar-refractivity contribution < 1.29 is 19.8 Å². The molecule has 4 nitrogen and oxygen atoms in total. The van der Waals surface area contributed by atoms with Gasteiger partial charge in [-0.2, -0.15) is 0 Å². The molecule has 0 fully saturated rings. The zero-order valence-electron chi connectivity index (χ0n) is 6.49. The van der Waals surface area contributed by atoms with E-state index in [0.29, 0.717) is 19.3 Å². The third-order valence-electron chi connectivity index (χ3n) is 1.96. The minimum Gasteiger partial charge on any atom is -0.481 e. The Morgan fingerprint density at radius 1 is 1.42 bits per heavy atom. The minimum absolute atomic E-state index is 0.230. The zero-order chi connectivity index (χ0) is 9.14. The molecule has 0 heterocycles. The van der Waals surface area contributed by atoms with E-state index in [1.54, 1.807) is 0 Å². The molecule has 66 valence electrons. The number of aliphatic carboxylic acids is 2.